The first kappa shape index (κ1) is 19.8. The summed E-state index contributed by atoms with van der Waals surface area (Å²) >= 11 is 13.5. The third kappa shape index (κ3) is 5.51. The lowest BCUT2D eigenvalue weighted by molar-refractivity contribution is -0.903. The number of thioether (sulfide) groups is 1. The second kappa shape index (κ2) is 9.29. The molecule has 0 radical (unpaired) electrons. The van der Waals surface area contributed by atoms with Gasteiger partial charge in [-0.2, -0.15) is 0 Å². The SMILES string of the molecule is O[C@H](CSc1ccc(Cl)c(Cl)c1)C[NH+]1CCN(c2ccc(F)cc2)CC1. The molecule has 1 saturated heterocycles. The summed E-state index contributed by atoms with van der Waals surface area (Å²) in [6, 6.07) is 12.2. The predicted molar refractivity (Wildman–Crippen MR) is 107 cm³/mol. The molecule has 1 fully saturated rings. The van der Waals surface area contributed by atoms with E-state index in [2.05, 4.69) is 4.90 Å². The van der Waals surface area contributed by atoms with Crippen LogP contribution in [-0.2, 0) is 0 Å². The summed E-state index contributed by atoms with van der Waals surface area (Å²) in [5, 5.41) is 11.4. The van der Waals surface area contributed by atoms with Gasteiger partial charge in [-0.1, -0.05) is 23.2 Å². The molecule has 3 rings (SSSR count). The van der Waals surface area contributed by atoms with E-state index in [0.29, 0.717) is 15.8 Å². The number of aliphatic hydroxyl groups is 1. The van der Waals surface area contributed by atoms with E-state index in [1.165, 1.54) is 17.0 Å². The van der Waals surface area contributed by atoms with Crippen molar-refractivity contribution in [1.82, 2.24) is 0 Å². The maximum absolute atomic E-state index is 13.0. The molecule has 2 N–H and O–H groups in total. The van der Waals surface area contributed by atoms with Gasteiger partial charge >= 0.3 is 0 Å². The number of anilines is 1. The summed E-state index contributed by atoms with van der Waals surface area (Å²) < 4.78 is 13.0. The van der Waals surface area contributed by atoms with Gasteiger partial charge in [-0.25, -0.2) is 4.39 Å². The molecule has 7 heteroatoms. The molecule has 3 nitrogen and oxygen atoms in total. The molecule has 140 valence electrons. The Morgan fingerprint density at radius 3 is 2.42 bits per heavy atom. The maximum Gasteiger partial charge on any atom is 0.123 e. The van der Waals surface area contributed by atoms with Gasteiger partial charge in [0.05, 0.1) is 36.2 Å². The molecule has 0 saturated carbocycles. The van der Waals surface area contributed by atoms with Crippen LogP contribution in [0.1, 0.15) is 0 Å². The lowest BCUT2D eigenvalue weighted by Crippen LogP contribution is -3.15. The predicted octanol–water partition coefficient (Wildman–Crippen LogP) is 2.99. The van der Waals surface area contributed by atoms with Gasteiger partial charge in [0.15, 0.2) is 0 Å². The molecule has 1 atom stereocenters. The second-order valence-electron chi connectivity index (χ2n) is 6.46. The van der Waals surface area contributed by atoms with Crippen molar-refractivity contribution >= 4 is 40.7 Å². The van der Waals surface area contributed by atoms with Crippen LogP contribution in [0.4, 0.5) is 10.1 Å². The van der Waals surface area contributed by atoms with Crippen molar-refractivity contribution in [1.29, 1.82) is 0 Å². The molecule has 1 aliphatic rings. The fourth-order valence-corrected chi connectivity index (χ4v) is 4.32. The molecule has 0 spiro atoms. The van der Waals surface area contributed by atoms with E-state index in [1.807, 2.05) is 24.3 Å². The number of quaternary nitrogens is 1. The van der Waals surface area contributed by atoms with Crippen LogP contribution in [0, 0.1) is 5.82 Å². The molecular weight excluding hydrogens is 394 g/mol. The molecule has 0 amide bonds. The van der Waals surface area contributed by atoms with Gasteiger partial charge in [-0.05, 0) is 42.5 Å². The fourth-order valence-electron chi connectivity index (χ4n) is 3.09. The van der Waals surface area contributed by atoms with Crippen LogP contribution < -0.4 is 9.80 Å². The van der Waals surface area contributed by atoms with Gasteiger partial charge in [0, 0.05) is 16.3 Å². The number of benzene rings is 2. The van der Waals surface area contributed by atoms with Gasteiger partial charge in [-0.3, -0.25) is 0 Å². The van der Waals surface area contributed by atoms with E-state index in [4.69, 9.17) is 23.2 Å². The lowest BCUT2D eigenvalue weighted by Gasteiger charge is -2.34. The number of piperazine rings is 1. The third-order valence-corrected chi connectivity index (χ3v) is 6.40. The molecule has 2 aromatic rings. The van der Waals surface area contributed by atoms with Crippen molar-refractivity contribution in [3.05, 3.63) is 58.3 Å². The largest absolute Gasteiger partial charge is 0.386 e. The van der Waals surface area contributed by atoms with E-state index >= 15 is 0 Å². The number of hydrogen-bond acceptors (Lipinski definition) is 3. The third-order valence-electron chi connectivity index (χ3n) is 4.52. The Hall–Kier alpha value is -0.980. The minimum absolute atomic E-state index is 0.208. The minimum atomic E-state index is -0.373. The smallest absolute Gasteiger partial charge is 0.123 e. The standard InChI is InChI=1S/C19H21Cl2FN2OS/c20-18-6-5-17(11-19(18)21)26-13-16(25)12-23-7-9-24(10-8-23)15-3-1-14(22)2-4-15/h1-6,11,16,25H,7-10,12-13H2/p+1/t16-/m0/s1. The quantitative estimate of drug-likeness (QED) is 0.710. The Kier molecular flexibility index (Phi) is 7.06. The molecular formula is C19H22Cl2FN2OS+. The number of nitrogens with one attached hydrogen (secondary N) is 1. The van der Waals surface area contributed by atoms with Crippen LogP contribution >= 0.6 is 35.0 Å². The van der Waals surface area contributed by atoms with E-state index in [0.717, 1.165) is 43.3 Å². The summed E-state index contributed by atoms with van der Waals surface area (Å²) in [5.41, 5.74) is 1.06. The van der Waals surface area contributed by atoms with Gasteiger partial charge in [0.1, 0.15) is 18.5 Å². The van der Waals surface area contributed by atoms with Crippen LogP contribution in [0.5, 0.6) is 0 Å². The first-order chi connectivity index (χ1) is 12.5. The van der Waals surface area contributed by atoms with Crippen LogP contribution in [0.2, 0.25) is 10.0 Å². The van der Waals surface area contributed by atoms with Crippen molar-refractivity contribution < 1.29 is 14.4 Å². The first-order valence-corrected chi connectivity index (χ1v) is 10.4. The minimum Gasteiger partial charge on any atom is -0.386 e. The highest BCUT2D eigenvalue weighted by Crippen LogP contribution is 2.28. The summed E-state index contributed by atoms with van der Waals surface area (Å²) in [4.78, 5) is 4.67. The summed E-state index contributed by atoms with van der Waals surface area (Å²) in [5.74, 6) is 0.420. The molecule has 0 aliphatic carbocycles. The molecule has 0 unspecified atom stereocenters. The van der Waals surface area contributed by atoms with E-state index in [-0.39, 0.29) is 11.9 Å². The van der Waals surface area contributed by atoms with E-state index < -0.39 is 0 Å². The summed E-state index contributed by atoms with van der Waals surface area (Å²) in [7, 11) is 0. The second-order valence-corrected chi connectivity index (χ2v) is 8.37. The zero-order valence-electron chi connectivity index (χ0n) is 14.3. The van der Waals surface area contributed by atoms with Crippen LogP contribution in [0.15, 0.2) is 47.4 Å². The topological polar surface area (TPSA) is 27.9 Å². The number of rotatable bonds is 6. The maximum atomic E-state index is 13.0. The zero-order chi connectivity index (χ0) is 18.5. The Bertz CT molecular complexity index is 724. The Morgan fingerprint density at radius 1 is 1.08 bits per heavy atom. The molecule has 2 aromatic carbocycles. The molecule has 0 aromatic heterocycles. The average molecular weight is 416 g/mol. The fraction of sp³-hybridized carbons (Fsp3) is 0.368. The summed E-state index contributed by atoms with van der Waals surface area (Å²) in [6.45, 7) is 4.48. The highest BCUT2D eigenvalue weighted by Gasteiger charge is 2.22. The number of nitrogens with zero attached hydrogens (tertiary/aromatic N) is 1. The van der Waals surface area contributed by atoms with Crippen molar-refractivity contribution in [3.63, 3.8) is 0 Å². The Morgan fingerprint density at radius 2 is 1.77 bits per heavy atom. The van der Waals surface area contributed by atoms with Crippen LogP contribution in [0.3, 0.4) is 0 Å². The highest BCUT2D eigenvalue weighted by molar-refractivity contribution is 7.99. The molecule has 26 heavy (non-hydrogen) atoms. The highest BCUT2D eigenvalue weighted by atomic mass is 35.5. The van der Waals surface area contributed by atoms with Gasteiger partial charge in [0.25, 0.3) is 0 Å². The number of aliphatic hydroxyl groups excluding tert-OH is 1. The van der Waals surface area contributed by atoms with Crippen LogP contribution in [-0.4, -0.2) is 49.7 Å². The molecule has 1 aliphatic heterocycles. The summed E-state index contributed by atoms with van der Waals surface area (Å²) in [6.07, 6.45) is -0.373. The van der Waals surface area contributed by atoms with Gasteiger partial charge in [-0.15, -0.1) is 11.8 Å². The number of halogens is 3. The van der Waals surface area contributed by atoms with Crippen molar-refractivity contribution in [2.75, 3.05) is 43.4 Å². The Balaban J connectivity index is 1.42. The van der Waals surface area contributed by atoms with E-state index in [1.54, 1.807) is 17.8 Å². The molecule has 0 bridgehead atoms. The monoisotopic (exact) mass is 415 g/mol. The van der Waals surface area contributed by atoms with Gasteiger partial charge < -0.3 is 14.9 Å². The van der Waals surface area contributed by atoms with Crippen LogP contribution in [0.25, 0.3) is 0 Å². The van der Waals surface area contributed by atoms with E-state index in [9.17, 15) is 9.50 Å². The van der Waals surface area contributed by atoms with Crippen molar-refractivity contribution in [2.24, 2.45) is 0 Å². The Labute approximate surface area is 167 Å². The lowest BCUT2D eigenvalue weighted by atomic mass is 10.2. The normalized spacial score (nSPS) is 16.7. The average Bonchev–Trinajstić information content (AvgIpc) is 2.64. The zero-order valence-corrected chi connectivity index (χ0v) is 16.6. The van der Waals surface area contributed by atoms with Gasteiger partial charge in [0.2, 0.25) is 0 Å². The first-order valence-electron chi connectivity index (χ1n) is 8.61. The number of hydrogen-bond donors (Lipinski definition) is 2. The van der Waals surface area contributed by atoms with Crippen molar-refractivity contribution in [3.8, 4) is 0 Å². The van der Waals surface area contributed by atoms with Crippen molar-refractivity contribution in [2.45, 2.75) is 11.0 Å². The molecule has 1 heterocycles.